The van der Waals surface area contributed by atoms with Crippen LogP contribution in [0.25, 0.3) is 0 Å². The van der Waals surface area contributed by atoms with Crippen molar-refractivity contribution in [2.24, 2.45) is 10.4 Å². The molecule has 198 valence electrons. The van der Waals surface area contributed by atoms with Gasteiger partial charge in [-0.1, -0.05) is 13.0 Å². The Morgan fingerprint density at radius 1 is 1.21 bits per heavy atom. The highest BCUT2D eigenvalue weighted by Crippen LogP contribution is 2.45. The van der Waals surface area contributed by atoms with Crippen LogP contribution >= 0.6 is 12.2 Å². The molecule has 0 aliphatic carbocycles. The minimum Gasteiger partial charge on any atom is -0.494 e. The lowest BCUT2D eigenvalue weighted by molar-refractivity contribution is -0.147. The summed E-state index contributed by atoms with van der Waals surface area (Å²) < 4.78 is 1.38. The van der Waals surface area contributed by atoms with E-state index in [-0.39, 0.29) is 29.2 Å². The van der Waals surface area contributed by atoms with Crippen LogP contribution in [0.4, 0.5) is 16.2 Å². The number of barbiturate groups is 1. The SMILES string of the molecule is C=CCn1c(O)c(C=Nc2ccc3c(c2)CC2(C(=O)NC(=O)NC2=O)C2CN(CC)CCN32)c(=O)[nH]c1=S. The first kappa shape index (κ1) is 25.5. The number of hydrogen-bond acceptors (Lipinski definition) is 9. The van der Waals surface area contributed by atoms with E-state index in [0.717, 1.165) is 18.8 Å². The van der Waals surface area contributed by atoms with E-state index in [4.69, 9.17) is 12.2 Å². The summed E-state index contributed by atoms with van der Waals surface area (Å²) in [6, 6.07) is 4.11. The van der Waals surface area contributed by atoms with Crippen LogP contribution in [0.15, 0.2) is 40.6 Å². The average molecular weight is 538 g/mol. The Kier molecular flexibility index (Phi) is 6.49. The maximum atomic E-state index is 13.3. The number of benzene rings is 1. The van der Waals surface area contributed by atoms with Crippen LogP contribution in [0.3, 0.4) is 0 Å². The van der Waals surface area contributed by atoms with E-state index >= 15 is 0 Å². The fourth-order valence-electron chi connectivity index (χ4n) is 5.48. The largest absolute Gasteiger partial charge is 0.494 e. The Labute approximate surface area is 222 Å². The second kappa shape index (κ2) is 9.65. The topological polar surface area (TPSA) is 152 Å². The van der Waals surface area contributed by atoms with Gasteiger partial charge in [0.2, 0.25) is 17.7 Å². The Morgan fingerprint density at radius 2 is 1.95 bits per heavy atom. The van der Waals surface area contributed by atoms with E-state index in [1.807, 2.05) is 13.0 Å². The predicted molar refractivity (Wildman–Crippen MR) is 143 cm³/mol. The molecule has 3 aliphatic rings. The fraction of sp³-hybridized carbons (Fsp3) is 0.360. The molecule has 1 atom stereocenters. The molecule has 3 aliphatic heterocycles. The van der Waals surface area contributed by atoms with Gasteiger partial charge in [-0.25, -0.2) is 4.79 Å². The van der Waals surface area contributed by atoms with Crippen molar-refractivity contribution in [1.29, 1.82) is 0 Å². The van der Waals surface area contributed by atoms with Crippen LogP contribution in [0.2, 0.25) is 0 Å². The summed E-state index contributed by atoms with van der Waals surface area (Å²) in [6.45, 7) is 8.48. The number of carbonyl (C=O) groups excluding carboxylic acids is 3. The van der Waals surface area contributed by atoms with Crippen LogP contribution in [0.1, 0.15) is 18.1 Å². The molecular weight excluding hydrogens is 510 g/mol. The molecular formula is C25H27N7O5S. The third kappa shape index (κ3) is 4.03. The second-order valence-corrected chi connectivity index (χ2v) is 9.84. The number of carbonyl (C=O) groups is 3. The van der Waals surface area contributed by atoms with Gasteiger partial charge >= 0.3 is 6.03 Å². The lowest BCUT2D eigenvalue weighted by Crippen LogP contribution is -2.74. The van der Waals surface area contributed by atoms with Gasteiger partial charge < -0.3 is 10.0 Å². The molecule has 1 unspecified atom stereocenters. The number of fused-ring (bicyclic) bond motifs is 4. The molecule has 1 spiro atoms. The van der Waals surface area contributed by atoms with Crippen molar-refractivity contribution in [3.63, 3.8) is 0 Å². The van der Waals surface area contributed by atoms with E-state index in [1.54, 1.807) is 12.1 Å². The van der Waals surface area contributed by atoms with Crippen LogP contribution in [-0.4, -0.2) is 75.8 Å². The zero-order valence-electron chi connectivity index (χ0n) is 20.7. The molecule has 2 aromatic rings. The van der Waals surface area contributed by atoms with E-state index in [1.165, 1.54) is 16.9 Å². The van der Waals surface area contributed by atoms with Gasteiger partial charge in [-0.05, 0) is 48.9 Å². The number of amides is 4. The Bertz CT molecular complexity index is 1490. The number of imide groups is 2. The van der Waals surface area contributed by atoms with Crippen molar-refractivity contribution >= 4 is 47.7 Å². The first-order valence-electron chi connectivity index (χ1n) is 12.2. The molecule has 4 N–H and O–H groups in total. The van der Waals surface area contributed by atoms with Gasteiger partial charge in [0.05, 0.1) is 11.7 Å². The van der Waals surface area contributed by atoms with Crippen LogP contribution in [0, 0.1) is 10.2 Å². The molecule has 0 radical (unpaired) electrons. The monoisotopic (exact) mass is 537 g/mol. The number of allylic oxidation sites excluding steroid dienone is 1. The lowest BCUT2D eigenvalue weighted by Gasteiger charge is -2.54. The minimum atomic E-state index is -1.50. The highest BCUT2D eigenvalue weighted by atomic mass is 32.1. The molecule has 4 heterocycles. The normalized spacial score (nSPS) is 20.7. The van der Waals surface area contributed by atoms with E-state index < -0.39 is 34.9 Å². The standard InChI is InChI=1S/C25H27N7O5S/c1-3-7-32-20(34)16(19(33)27-24(32)38)12-26-15-5-6-17-14(10-15)11-25(21(35)28-23(37)29-22(25)36)18-13-30(4-2)8-9-31(17)18/h3,5-6,10,12,18,34H,1,4,7-9,11,13H2,2H3,(H,27,33,38)(H2,28,29,35,36,37). The van der Waals surface area contributed by atoms with Crippen molar-refractivity contribution in [3.05, 3.63) is 57.1 Å². The molecule has 2 fully saturated rings. The number of aliphatic imine (C=N–C) groups is 1. The number of urea groups is 1. The average Bonchev–Trinajstić information content (AvgIpc) is 2.88. The summed E-state index contributed by atoms with van der Waals surface area (Å²) in [7, 11) is 0. The summed E-state index contributed by atoms with van der Waals surface area (Å²) in [5.41, 5.74) is -0.120. The Morgan fingerprint density at radius 3 is 2.63 bits per heavy atom. The summed E-state index contributed by atoms with van der Waals surface area (Å²) in [5.74, 6) is -1.58. The van der Waals surface area contributed by atoms with E-state index in [0.29, 0.717) is 24.3 Å². The van der Waals surface area contributed by atoms with Gasteiger partial charge in [0.25, 0.3) is 5.56 Å². The number of H-pyrrole nitrogens is 1. The fourth-order valence-corrected chi connectivity index (χ4v) is 5.74. The predicted octanol–water partition coefficient (Wildman–Crippen LogP) is 0.967. The number of aromatic hydroxyl groups is 1. The number of piperazine rings is 1. The molecule has 0 saturated carbocycles. The van der Waals surface area contributed by atoms with E-state index in [9.17, 15) is 24.3 Å². The van der Waals surface area contributed by atoms with E-state index in [2.05, 4.69) is 37.0 Å². The quantitative estimate of drug-likeness (QED) is 0.191. The Balaban J connectivity index is 1.56. The van der Waals surface area contributed by atoms with Crippen molar-refractivity contribution < 1.29 is 19.5 Å². The maximum Gasteiger partial charge on any atom is 0.328 e. The van der Waals surface area contributed by atoms with Crippen molar-refractivity contribution in [3.8, 4) is 5.88 Å². The van der Waals surface area contributed by atoms with Crippen molar-refractivity contribution in [2.45, 2.75) is 25.9 Å². The van der Waals surface area contributed by atoms with Crippen molar-refractivity contribution in [1.82, 2.24) is 25.1 Å². The van der Waals surface area contributed by atoms with Gasteiger partial charge in [0.1, 0.15) is 5.56 Å². The molecule has 0 bridgehead atoms. The highest BCUT2D eigenvalue weighted by molar-refractivity contribution is 7.71. The number of hydrogen-bond donors (Lipinski definition) is 4. The first-order valence-corrected chi connectivity index (χ1v) is 12.6. The van der Waals surface area contributed by atoms with Crippen LogP contribution in [0.5, 0.6) is 5.88 Å². The third-order valence-electron chi connectivity index (χ3n) is 7.45. The smallest absolute Gasteiger partial charge is 0.328 e. The van der Waals surface area contributed by atoms with Crippen LogP contribution < -0.4 is 21.1 Å². The summed E-state index contributed by atoms with van der Waals surface area (Å²) >= 11 is 5.10. The zero-order chi connectivity index (χ0) is 27.2. The first-order chi connectivity index (χ1) is 18.2. The summed E-state index contributed by atoms with van der Waals surface area (Å²) in [6.07, 6.45) is 2.85. The molecule has 1 aromatic carbocycles. The van der Waals surface area contributed by atoms with Gasteiger partial charge in [0.15, 0.2) is 10.2 Å². The van der Waals surface area contributed by atoms with Gasteiger partial charge in [-0.15, -0.1) is 6.58 Å². The summed E-state index contributed by atoms with van der Waals surface area (Å²) in [5, 5.41) is 15.2. The highest BCUT2D eigenvalue weighted by Gasteiger charge is 2.60. The maximum absolute atomic E-state index is 13.3. The number of anilines is 1. The van der Waals surface area contributed by atoms with Gasteiger partial charge in [0, 0.05) is 38.1 Å². The zero-order valence-corrected chi connectivity index (χ0v) is 21.5. The van der Waals surface area contributed by atoms with Crippen LogP contribution in [-0.2, 0) is 22.6 Å². The second-order valence-electron chi connectivity index (χ2n) is 9.45. The minimum absolute atomic E-state index is 0.0591. The number of likely N-dealkylation sites (N-methyl/N-ethyl adjacent to an activating group) is 1. The number of aromatic amines is 1. The molecule has 13 heteroatoms. The molecule has 38 heavy (non-hydrogen) atoms. The summed E-state index contributed by atoms with van der Waals surface area (Å²) in [4.78, 5) is 62.0. The molecule has 2 saturated heterocycles. The Hall–Kier alpha value is -4.10. The molecule has 5 rings (SSSR count). The molecule has 12 nitrogen and oxygen atoms in total. The number of aromatic nitrogens is 2. The van der Waals surface area contributed by atoms with Gasteiger partial charge in [-0.2, -0.15) is 0 Å². The number of nitrogens with one attached hydrogen (secondary N) is 3. The number of rotatable bonds is 5. The number of nitrogens with zero attached hydrogens (tertiary/aromatic N) is 4. The lowest BCUT2D eigenvalue weighted by atomic mass is 9.68. The van der Waals surface area contributed by atoms with Gasteiger partial charge in [-0.3, -0.25) is 44.5 Å². The third-order valence-corrected chi connectivity index (χ3v) is 7.77. The molecule has 1 aromatic heterocycles. The molecule has 4 amide bonds. The van der Waals surface area contributed by atoms with Crippen molar-refractivity contribution in [2.75, 3.05) is 31.1 Å².